The van der Waals surface area contributed by atoms with Crippen LogP contribution < -0.4 is 10.2 Å². The van der Waals surface area contributed by atoms with Gasteiger partial charge in [-0.2, -0.15) is 5.10 Å². The number of halogens is 1. The first-order valence-electron chi connectivity index (χ1n) is 6.73. The van der Waals surface area contributed by atoms with E-state index in [9.17, 15) is 4.79 Å². The predicted octanol–water partition coefficient (Wildman–Crippen LogP) is 4.10. The molecule has 2 N–H and O–H groups in total. The number of benzene rings is 2. The summed E-state index contributed by atoms with van der Waals surface area (Å²) < 4.78 is 0. The van der Waals surface area contributed by atoms with Crippen LogP contribution in [0.5, 0.6) is 0 Å². The number of H-pyrrole nitrogens is 1. The van der Waals surface area contributed by atoms with Crippen molar-refractivity contribution >= 4 is 40.4 Å². The highest BCUT2D eigenvalue weighted by Crippen LogP contribution is 2.40. The molecule has 6 heteroatoms. The maximum atomic E-state index is 13.0. The lowest BCUT2D eigenvalue weighted by molar-refractivity contribution is 0.100. The van der Waals surface area contributed by atoms with Gasteiger partial charge in [0.2, 0.25) is 0 Å². The number of carbonyl (C=O) groups excluding carboxylic acids is 1. The molecular formula is C16H11ClN4O. The number of rotatable bonds is 1. The first-order chi connectivity index (χ1) is 10.7. The average Bonchev–Trinajstić information content (AvgIpc) is 2.95. The molecule has 108 valence electrons. The van der Waals surface area contributed by atoms with E-state index in [0.717, 1.165) is 11.4 Å². The van der Waals surface area contributed by atoms with Crippen LogP contribution in [0.15, 0.2) is 54.7 Å². The molecule has 22 heavy (non-hydrogen) atoms. The Kier molecular flexibility index (Phi) is 2.87. The zero-order chi connectivity index (χ0) is 15.1. The van der Waals surface area contributed by atoms with Gasteiger partial charge in [0.15, 0.2) is 0 Å². The van der Waals surface area contributed by atoms with Crippen LogP contribution in [0.1, 0.15) is 10.4 Å². The largest absolute Gasteiger partial charge is 0.338 e. The zero-order valence-corrected chi connectivity index (χ0v) is 12.1. The molecule has 1 aliphatic heterocycles. The topological polar surface area (TPSA) is 61.0 Å². The Hall–Kier alpha value is -2.79. The van der Waals surface area contributed by atoms with Crippen LogP contribution in [-0.4, -0.2) is 16.1 Å². The summed E-state index contributed by atoms with van der Waals surface area (Å²) in [7, 11) is 0. The second kappa shape index (κ2) is 4.89. The molecule has 2 aromatic carbocycles. The van der Waals surface area contributed by atoms with E-state index < -0.39 is 0 Å². The molecule has 0 saturated heterocycles. The van der Waals surface area contributed by atoms with Crippen molar-refractivity contribution in [1.82, 2.24) is 10.2 Å². The van der Waals surface area contributed by atoms with Crippen molar-refractivity contribution in [2.75, 3.05) is 10.2 Å². The van der Waals surface area contributed by atoms with Gasteiger partial charge in [-0.3, -0.25) is 14.8 Å². The van der Waals surface area contributed by atoms with Crippen molar-refractivity contribution in [1.29, 1.82) is 0 Å². The number of hydrogen-bond acceptors (Lipinski definition) is 3. The van der Waals surface area contributed by atoms with Crippen molar-refractivity contribution < 1.29 is 4.79 Å². The van der Waals surface area contributed by atoms with Gasteiger partial charge in [0.1, 0.15) is 11.4 Å². The normalized spacial score (nSPS) is 13.1. The fourth-order valence-corrected chi connectivity index (χ4v) is 2.70. The summed E-state index contributed by atoms with van der Waals surface area (Å²) in [6.07, 6.45) is 1.52. The van der Waals surface area contributed by atoms with Crippen molar-refractivity contribution in [3.8, 4) is 0 Å². The average molecular weight is 311 g/mol. The maximum Gasteiger partial charge on any atom is 0.268 e. The summed E-state index contributed by atoms with van der Waals surface area (Å²) in [5, 5.41) is 10.5. The highest BCUT2D eigenvalue weighted by molar-refractivity contribution is 6.31. The van der Waals surface area contributed by atoms with Crippen molar-refractivity contribution in [3.63, 3.8) is 0 Å². The number of nitrogens with zero attached hydrogens (tertiary/aromatic N) is 2. The molecule has 1 aliphatic rings. The van der Waals surface area contributed by atoms with Gasteiger partial charge < -0.3 is 5.32 Å². The lowest BCUT2D eigenvalue weighted by Crippen LogP contribution is -2.24. The summed E-state index contributed by atoms with van der Waals surface area (Å²) in [5.74, 6) is 0.412. The molecule has 5 nitrogen and oxygen atoms in total. The quantitative estimate of drug-likeness (QED) is 0.711. The molecule has 0 atom stereocenters. The van der Waals surface area contributed by atoms with Gasteiger partial charge in [-0.1, -0.05) is 29.8 Å². The first kappa shape index (κ1) is 12.9. The second-order valence-electron chi connectivity index (χ2n) is 4.92. The molecule has 0 spiro atoms. The lowest BCUT2D eigenvalue weighted by Gasteiger charge is -2.22. The predicted molar refractivity (Wildman–Crippen MR) is 86.2 cm³/mol. The summed E-state index contributed by atoms with van der Waals surface area (Å²) in [4.78, 5) is 14.6. The van der Waals surface area contributed by atoms with Crippen LogP contribution in [0, 0.1) is 0 Å². The minimum atomic E-state index is -0.163. The summed E-state index contributed by atoms with van der Waals surface area (Å²) in [6, 6.07) is 14.9. The van der Waals surface area contributed by atoms with E-state index >= 15 is 0 Å². The standard InChI is InChI=1S/C16H11ClN4O/c17-10-6-7-13-14(8-10)21(11-4-2-1-3-5-11)16(22)12-9-18-20-15(12)19-13/h1-9H,(H2,18,19,20). The first-order valence-corrected chi connectivity index (χ1v) is 7.11. The number of nitrogens with one attached hydrogen (secondary N) is 2. The molecule has 0 unspecified atom stereocenters. The Morgan fingerprint density at radius 3 is 2.73 bits per heavy atom. The molecule has 1 amide bonds. The van der Waals surface area contributed by atoms with E-state index in [0.29, 0.717) is 22.1 Å². The molecular weight excluding hydrogens is 300 g/mol. The number of aromatic amines is 1. The Bertz CT molecular complexity index is 860. The summed E-state index contributed by atoms with van der Waals surface area (Å²) in [6.45, 7) is 0. The van der Waals surface area contributed by atoms with Gasteiger partial charge in [0, 0.05) is 10.7 Å². The second-order valence-corrected chi connectivity index (χ2v) is 5.36. The number of aromatic nitrogens is 2. The number of anilines is 4. The van der Waals surface area contributed by atoms with Crippen LogP contribution in [0.2, 0.25) is 5.02 Å². The molecule has 3 aromatic rings. The van der Waals surface area contributed by atoms with E-state index in [1.54, 1.807) is 17.0 Å². The maximum absolute atomic E-state index is 13.0. The van der Waals surface area contributed by atoms with E-state index in [1.807, 2.05) is 36.4 Å². The van der Waals surface area contributed by atoms with Crippen molar-refractivity contribution in [2.45, 2.75) is 0 Å². The third-order valence-electron chi connectivity index (χ3n) is 3.55. The molecule has 0 fully saturated rings. The van der Waals surface area contributed by atoms with Gasteiger partial charge in [-0.05, 0) is 30.3 Å². The van der Waals surface area contributed by atoms with Crippen LogP contribution in [0.3, 0.4) is 0 Å². The van der Waals surface area contributed by atoms with Crippen molar-refractivity contribution in [2.24, 2.45) is 0 Å². The monoisotopic (exact) mass is 310 g/mol. The Balaban J connectivity index is 1.99. The van der Waals surface area contributed by atoms with E-state index in [-0.39, 0.29) is 5.91 Å². The van der Waals surface area contributed by atoms with E-state index in [4.69, 9.17) is 11.6 Å². The fourth-order valence-electron chi connectivity index (χ4n) is 2.54. The molecule has 4 rings (SSSR count). The van der Waals surface area contributed by atoms with E-state index in [1.165, 1.54) is 6.20 Å². The van der Waals surface area contributed by atoms with Gasteiger partial charge in [0.05, 0.1) is 17.6 Å². The molecule has 0 bridgehead atoms. The number of para-hydroxylation sites is 1. The highest BCUT2D eigenvalue weighted by Gasteiger charge is 2.29. The SMILES string of the molecule is O=C1c2cn[nH]c2Nc2ccc(Cl)cc2N1c1ccccc1. The lowest BCUT2D eigenvalue weighted by atomic mass is 10.2. The smallest absolute Gasteiger partial charge is 0.268 e. The molecule has 0 radical (unpaired) electrons. The van der Waals surface area contributed by atoms with Crippen LogP contribution in [0.25, 0.3) is 0 Å². The third kappa shape index (κ3) is 1.95. The Morgan fingerprint density at radius 1 is 1.09 bits per heavy atom. The number of hydrogen-bond donors (Lipinski definition) is 2. The van der Waals surface area contributed by atoms with Gasteiger partial charge in [-0.15, -0.1) is 0 Å². The number of fused-ring (bicyclic) bond motifs is 2. The minimum absolute atomic E-state index is 0.163. The van der Waals surface area contributed by atoms with Crippen LogP contribution >= 0.6 is 11.6 Å². The molecule has 0 saturated carbocycles. The van der Waals surface area contributed by atoms with Crippen LogP contribution in [-0.2, 0) is 0 Å². The molecule has 1 aromatic heterocycles. The summed E-state index contributed by atoms with van der Waals surface area (Å²) >= 11 is 6.13. The molecule has 2 heterocycles. The Morgan fingerprint density at radius 2 is 1.91 bits per heavy atom. The van der Waals surface area contributed by atoms with Gasteiger partial charge >= 0.3 is 0 Å². The Labute approximate surface area is 131 Å². The fraction of sp³-hybridized carbons (Fsp3) is 0. The van der Waals surface area contributed by atoms with Crippen LogP contribution in [0.4, 0.5) is 22.9 Å². The zero-order valence-electron chi connectivity index (χ0n) is 11.4. The third-order valence-corrected chi connectivity index (χ3v) is 3.78. The number of amides is 1. The van der Waals surface area contributed by atoms with E-state index in [2.05, 4.69) is 15.5 Å². The highest BCUT2D eigenvalue weighted by atomic mass is 35.5. The summed E-state index contributed by atoms with van der Waals surface area (Å²) in [5.41, 5.74) is 2.74. The molecule has 0 aliphatic carbocycles. The number of carbonyl (C=O) groups is 1. The van der Waals surface area contributed by atoms with Gasteiger partial charge in [-0.25, -0.2) is 0 Å². The van der Waals surface area contributed by atoms with Gasteiger partial charge in [0.25, 0.3) is 5.91 Å². The minimum Gasteiger partial charge on any atom is -0.338 e. The van der Waals surface area contributed by atoms with Crippen molar-refractivity contribution in [3.05, 3.63) is 65.3 Å².